The molecule has 0 aliphatic carbocycles. The second-order valence-electron chi connectivity index (χ2n) is 4.76. The lowest BCUT2D eigenvalue weighted by molar-refractivity contribution is -0.138. The molecule has 22 heavy (non-hydrogen) atoms. The van der Waals surface area contributed by atoms with Crippen molar-refractivity contribution < 1.29 is 9.53 Å². The molecule has 0 unspecified atom stereocenters. The van der Waals surface area contributed by atoms with Crippen molar-refractivity contribution in [1.29, 1.82) is 0 Å². The second-order valence-corrected chi connectivity index (χ2v) is 4.76. The Bertz CT molecular complexity index is 554. The van der Waals surface area contributed by atoms with E-state index in [1.54, 1.807) is 26.3 Å². The fraction of sp³-hybridized carbons (Fsp3) is 0.368. The third-order valence-corrected chi connectivity index (χ3v) is 2.98. The van der Waals surface area contributed by atoms with Crippen LogP contribution in [0.2, 0.25) is 0 Å². The number of rotatable bonds is 7. The van der Waals surface area contributed by atoms with Crippen molar-refractivity contribution in [3.63, 3.8) is 0 Å². The van der Waals surface area contributed by atoms with Gasteiger partial charge in [-0.1, -0.05) is 36.5 Å². The molecule has 0 aromatic carbocycles. The van der Waals surface area contributed by atoms with Crippen molar-refractivity contribution in [2.45, 2.75) is 34.6 Å². The predicted octanol–water partition coefficient (Wildman–Crippen LogP) is 4.59. The highest BCUT2D eigenvalue weighted by Gasteiger charge is 2.19. The zero-order valence-corrected chi connectivity index (χ0v) is 14.6. The molecule has 0 N–H and O–H groups in total. The minimum absolute atomic E-state index is 0.324. The van der Waals surface area contributed by atoms with Crippen LogP contribution >= 0.6 is 0 Å². The molecule has 0 saturated carbocycles. The highest BCUT2D eigenvalue weighted by Crippen LogP contribution is 2.28. The number of aliphatic imine (C=N–C) groups is 1. The molecule has 3 nitrogen and oxygen atoms in total. The van der Waals surface area contributed by atoms with Gasteiger partial charge in [-0.3, -0.25) is 4.99 Å². The van der Waals surface area contributed by atoms with Gasteiger partial charge in [0.25, 0.3) is 0 Å². The van der Waals surface area contributed by atoms with Crippen LogP contribution in [0.5, 0.6) is 0 Å². The summed E-state index contributed by atoms with van der Waals surface area (Å²) in [5.41, 5.74) is 4.17. The second kappa shape index (κ2) is 10.6. The van der Waals surface area contributed by atoms with E-state index in [0.29, 0.717) is 12.2 Å². The number of allylic oxidation sites excluding steroid dienone is 7. The number of ether oxygens (including phenoxy) is 1. The smallest absolute Gasteiger partial charge is 0.338 e. The lowest BCUT2D eigenvalue weighted by Gasteiger charge is -2.16. The van der Waals surface area contributed by atoms with Gasteiger partial charge in [0.05, 0.1) is 12.2 Å². The molecule has 0 aliphatic rings. The fourth-order valence-corrected chi connectivity index (χ4v) is 2.04. The number of hydrogen-bond donors (Lipinski definition) is 0. The number of esters is 1. The minimum atomic E-state index is -0.375. The summed E-state index contributed by atoms with van der Waals surface area (Å²) in [6, 6.07) is 0. The molecular weight excluding hydrogens is 274 g/mol. The van der Waals surface area contributed by atoms with Crippen molar-refractivity contribution >= 4 is 12.2 Å². The van der Waals surface area contributed by atoms with Crippen LogP contribution in [0.1, 0.15) is 34.6 Å². The first-order chi connectivity index (χ1) is 10.5. The Labute approximate surface area is 134 Å². The van der Waals surface area contributed by atoms with E-state index < -0.39 is 0 Å². The Morgan fingerprint density at radius 1 is 1.23 bits per heavy atom. The molecule has 0 spiro atoms. The third kappa shape index (κ3) is 5.32. The normalized spacial score (nSPS) is 13.3. The molecule has 0 aromatic rings. The predicted molar refractivity (Wildman–Crippen MR) is 95.2 cm³/mol. The summed E-state index contributed by atoms with van der Waals surface area (Å²) in [5, 5.41) is 0. The van der Waals surface area contributed by atoms with Crippen LogP contribution in [-0.2, 0) is 9.53 Å². The molecule has 0 amide bonds. The fourth-order valence-electron chi connectivity index (χ4n) is 2.04. The molecule has 0 bridgehead atoms. The Kier molecular flexibility index (Phi) is 9.51. The van der Waals surface area contributed by atoms with Crippen LogP contribution in [0.15, 0.2) is 63.7 Å². The van der Waals surface area contributed by atoms with E-state index in [4.69, 9.17) is 4.74 Å². The van der Waals surface area contributed by atoms with Gasteiger partial charge in [-0.2, -0.15) is 0 Å². The average Bonchev–Trinajstić information content (AvgIpc) is 2.48. The van der Waals surface area contributed by atoms with Crippen molar-refractivity contribution in [2.24, 2.45) is 4.99 Å². The summed E-state index contributed by atoms with van der Waals surface area (Å²) < 4.78 is 5.17. The first-order valence-corrected chi connectivity index (χ1v) is 7.41. The van der Waals surface area contributed by atoms with Gasteiger partial charge in [-0.15, -0.1) is 0 Å². The molecule has 0 saturated heterocycles. The van der Waals surface area contributed by atoms with Crippen molar-refractivity contribution in [1.82, 2.24) is 0 Å². The minimum Gasteiger partial charge on any atom is -0.462 e. The maximum Gasteiger partial charge on any atom is 0.338 e. The number of hydrogen-bond acceptors (Lipinski definition) is 3. The van der Waals surface area contributed by atoms with E-state index in [0.717, 1.165) is 22.3 Å². The highest BCUT2D eigenvalue weighted by molar-refractivity contribution is 5.99. The van der Waals surface area contributed by atoms with Crippen LogP contribution < -0.4 is 0 Å². The van der Waals surface area contributed by atoms with Crippen LogP contribution in [0.25, 0.3) is 0 Å². The summed E-state index contributed by atoms with van der Waals surface area (Å²) in [6.07, 6.45) is 9.15. The average molecular weight is 301 g/mol. The van der Waals surface area contributed by atoms with E-state index >= 15 is 0 Å². The topological polar surface area (TPSA) is 38.7 Å². The summed E-state index contributed by atoms with van der Waals surface area (Å²) >= 11 is 0. The SMILES string of the molecule is C=C/C(C(=O)OCC)=C(C(/C=C\C)=C(C)C)/C(C=NC)=C/C. The number of nitrogens with zero attached hydrogens (tertiary/aromatic N) is 1. The van der Waals surface area contributed by atoms with Gasteiger partial charge in [0.2, 0.25) is 0 Å². The standard InChI is InChI=1S/C19H27NO2/c1-8-12-17(14(5)6)18(15(9-2)13-20-7)16(10-3)19(21)22-11-4/h8-10,12-13H,3,11H2,1-2,4-7H3/b12-8-,15-9+,18-16+,20-13?. The van der Waals surface area contributed by atoms with E-state index in [-0.39, 0.29) is 5.97 Å². The van der Waals surface area contributed by atoms with Crippen molar-refractivity contribution in [2.75, 3.05) is 13.7 Å². The molecular formula is C19H27NO2. The Morgan fingerprint density at radius 3 is 2.23 bits per heavy atom. The maximum absolute atomic E-state index is 12.3. The number of carbonyl (C=O) groups is 1. The first kappa shape index (κ1) is 19.8. The van der Waals surface area contributed by atoms with Gasteiger partial charge in [0.1, 0.15) is 0 Å². The third-order valence-electron chi connectivity index (χ3n) is 2.98. The van der Waals surface area contributed by atoms with E-state index in [1.807, 2.05) is 45.9 Å². The Balaban J connectivity index is 6.62. The monoisotopic (exact) mass is 301 g/mol. The lowest BCUT2D eigenvalue weighted by atomic mass is 9.89. The van der Waals surface area contributed by atoms with Gasteiger partial charge in [0, 0.05) is 18.8 Å². The van der Waals surface area contributed by atoms with E-state index in [2.05, 4.69) is 11.6 Å². The first-order valence-electron chi connectivity index (χ1n) is 7.41. The lowest BCUT2D eigenvalue weighted by Crippen LogP contribution is -2.11. The van der Waals surface area contributed by atoms with Crippen molar-refractivity contribution in [3.8, 4) is 0 Å². The molecule has 0 heterocycles. The largest absolute Gasteiger partial charge is 0.462 e. The van der Waals surface area contributed by atoms with Gasteiger partial charge < -0.3 is 4.74 Å². The van der Waals surface area contributed by atoms with Gasteiger partial charge in [-0.05, 0) is 45.8 Å². The van der Waals surface area contributed by atoms with E-state index in [9.17, 15) is 4.79 Å². The van der Waals surface area contributed by atoms with Crippen LogP contribution in [0.4, 0.5) is 0 Å². The van der Waals surface area contributed by atoms with Crippen molar-refractivity contribution in [3.05, 3.63) is 58.7 Å². The van der Waals surface area contributed by atoms with Gasteiger partial charge >= 0.3 is 5.97 Å². The Morgan fingerprint density at radius 2 is 1.86 bits per heavy atom. The van der Waals surface area contributed by atoms with Gasteiger partial charge in [-0.25, -0.2) is 4.79 Å². The quantitative estimate of drug-likeness (QED) is 0.298. The summed E-state index contributed by atoms with van der Waals surface area (Å²) in [6.45, 7) is 13.8. The molecule has 0 rings (SSSR count). The van der Waals surface area contributed by atoms with Crippen LogP contribution in [0.3, 0.4) is 0 Å². The van der Waals surface area contributed by atoms with Crippen LogP contribution in [-0.4, -0.2) is 25.8 Å². The molecule has 0 fully saturated rings. The maximum atomic E-state index is 12.3. The highest BCUT2D eigenvalue weighted by atomic mass is 16.5. The van der Waals surface area contributed by atoms with Crippen LogP contribution in [0, 0.1) is 0 Å². The molecule has 0 radical (unpaired) electrons. The van der Waals surface area contributed by atoms with Gasteiger partial charge in [0.15, 0.2) is 0 Å². The zero-order chi connectivity index (χ0) is 17.1. The molecule has 3 heteroatoms. The molecule has 0 aliphatic heterocycles. The summed E-state index contributed by atoms with van der Waals surface area (Å²) in [5.74, 6) is -0.375. The zero-order valence-electron chi connectivity index (χ0n) is 14.6. The summed E-state index contributed by atoms with van der Waals surface area (Å²) in [7, 11) is 1.71. The number of carbonyl (C=O) groups excluding carboxylic acids is 1. The molecule has 0 aromatic heterocycles. The summed E-state index contributed by atoms with van der Waals surface area (Å²) in [4.78, 5) is 16.4. The molecule has 120 valence electrons. The molecule has 0 atom stereocenters. The van der Waals surface area contributed by atoms with E-state index in [1.165, 1.54) is 0 Å². The Hall–Kier alpha value is -2.16.